The third-order valence-electron chi connectivity index (χ3n) is 2.63. The molecule has 0 spiro atoms. The Bertz CT molecular complexity index is 412. The van der Waals surface area contributed by atoms with Crippen molar-refractivity contribution in [2.75, 3.05) is 24.4 Å². The van der Waals surface area contributed by atoms with Crippen LogP contribution in [0.3, 0.4) is 0 Å². The molecule has 18 heavy (non-hydrogen) atoms. The molecular formula is C13H19ClN2OS. The molecule has 1 unspecified atom stereocenters. The fourth-order valence-corrected chi connectivity index (χ4v) is 2.35. The van der Waals surface area contributed by atoms with Crippen LogP contribution in [-0.4, -0.2) is 31.0 Å². The van der Waals surface area contributed by atoms with Crippen molar-refractivity contribution < 1.29 is 4.79 Å². The van der Waals surface area contributed by atoms with Crippen LogP contribution in [0.1, 0.15) is 23.7 Å². The predicted molar refractivity (Wildman–Crippen MR) is 80.9 cm³/mol. The van der Waals surface area contributed by atoms with Crippen LogP contribution in [0.25, 0.3) is 0 Å². The first-order chi connectivity index (χ1) is 8.58. The Kier molecular flexibility index (Phi) is 6.36. The summed E-state index contributed by atoms with van der Waals surface area (Å²) in [6, 6.07) is 5.42. The fourth-order valence-electron chi connectivity index (χ4n) is 1.59. The van der Waals surface area contributed by atoms with Crippen LogP contribution in [0.2, 0.25) is 5.02 Å². The fraction of sp³-hybridized carbons (Fsp3) is 0.462. The molecule has 1 aromatic carbocycles. The van der Waals surface area contributed by atoms with Gasteiger partial charge in [0.25, 0.3) is 5.91 Å². The first kappa shape index (κ1) is 15.2. The quantitative estimate of drug-likeness (QED) is 0.843. The van der Waals surface area contributed by atoms with E-state index in [4.69, 9.17) is 11.6 Å². The Labute approximate surface area is 118 Å². The highest BCUT2D eigenvalue weighted by Crippen LogP contribution is 2.20. The van der Waals surface area contributed by atoms with Crippen LogP contribution in [-0.2, 0) is 0 Å². The molecule has 0 aliphatic heterocycles. The summed E-state index contributed by atoms with van der Waals surface area (Å²) in [6.07, 6.45) is 3.02. The summed E-state index contributed by atoms with van der Waals surface area (Å²) < 4.78 is 0. The van der Waals surface area contributed by atoms with Crippen molar-refractivity contribution in [2.45, 2.75) is 19.4 Å². The first-order valence-electron chi connectivity index (χ1n) is 5.85. The highest BCUT2D eigenvalue weighted by atomic mass is 35.5. The van der Waals surface area contributed by atoms with Gasteiger partial charge >= 0.3 is 0 Å². The zero-order chi connectivity index (χ0) is 13.5. The number of carbonyl (C=O) groups excluding carboxylic acids is 1. The summed E-state index contributed by atoms with van der Waals surface area (Å²) in [5, 5.41) is 6.54. The molecule has 1 atom stereocenters. The largest absolute Gasteiger partial charge is 0.387 e. The van der Waals surface area contributed by atoms with E-state index in [1.165, 1.54) is 0 Å². The SMILES string of the molecule is CNc1ccc(Cl)cc1C(=O)NC(C)CCSC. The Morgan fingerprint density at radius 1 is 1.50 bits per heavy atom. The van der Waals surface area contributed by atoms with Crippen LogP contribution in [0.5, 0.6) is 0 Å². The van der Waals surface area contributed by atoms with Crippen LogP contribution >= 0.6 is 23.4 Å². The number of thioether (sulfide) groups is 1. The van der Waals surface area contributed by atoms with Crippen LogP contribution in [0, 0.1) is 0 Å². The van der Waals surface area contributed by atoms with Gasteiger partial charge in [0.15, 0.2) is 0 Å². The first-order valence-corrected chi connectivity index (χ1v) is 7.62. The molecule has 0 fully saturated rings. The van der Waals surface area contributed by atoms with Gasteiger partial charge in [0, 0.05) is 23.8 Å². The molecular weight excluding hydrogens is 268 g/mol. The lowest BCUT2D eigenvalue weighted by molar-refractivity contribution is 0.0940. The van der Waals surface area contributed by atoms with E-state index in [0.717, 1.165) is 17.9 Å². The lowest BCUT2D eigenvalue weighted by Gasteiger charge is -2.15. The van der Waals surface area contributed by atoms with E-state index in [9.17, 15) is 4.79 Å². The molecule has 5 heteroatoms. The van der Waals surface area contributed by atoms with Gasteiger partial charge < -0.3 is 10.6 Å². The summed E-state index contributed by atoms with van der Waals surface area (Å²) in [5.41, 5.74) is 1.37. The third-order valence-corrected chi connectivity index (χ3v) is 3.51. The van der Waals surface area contributed by atoms with E-state index < -0.39 is 0 Å². The molecule has 0 saturated carbocycles. The molecule has 100 valence electrons. The Balaban J connectivity index is 2.74. The molecule has 0 bridgehead atoms. The van der Waals surface area contributed by atoms with Crippen molar-refractivity contribution >= 4 is 35.0 Å². The van der Waals surface area contributed by atoms with Crippen LogP contribution in [0.4, 0.5) is 5.69 Å². The molecule has 1 aromatic rings. The molecule has 0 radical (unpaired) electrons. The lowest BCUT2D eigenvalue weighted by atomic mass is 10.1. The molecule has 0 aliphatic rings. The topological polar surface area (TPSA) is 41.1 Å². The number of hydrogen-bond acceptors (Lipinski definition) is 3. The lowest BCUT2D eigenvalue weighted by Crippen LogP contribution is -2.33. The van der Waals surface area contributed by atoms with Gasteiger partial charge in [-0.25, -0.2) is 0 Å². The maximum atomic E-state index is 12.1. The van der Waals surface area contributed by atoms with Gasteiger partial charge in [0.05, 0.1) is 5.56 Å². The zero-order valence-corrected chi connectivity index (χ0v) is 12.5. The van der Waals surface area contributed by atoms with Crippen molar-refractivity contribution in [3.8, 4) is 0 Å². The number of carbonyl (C=O) groups is 1. The van der Waals surface area contributed by atoms with E-state index in [-0.39, 0.29) is 11.9 Å². The standard InChI is InChI=1S/C13H19ClN2OS/c1-9(6-7-18-3)16-13(17)11-8-10(14)4-5-12(11)15-2/h4-5,8-9,15H,6-7H2,1-3H3,(H,16,17). The number of hydrogen-bond donors (Lipinski definition) is 2. The molecule has 0 aliphatic carbocycles. The predicted octanol–water partition coefficient (Wildman–Crippen LogP) is 3.25. The van der Waals surface area contributed by atoms with Gasteiger partial charge in [0.2, 0.25) is 0 Å². The smallest absolute Gasteiger partial charge is 0.253 e. The van der Waals surface area contributed by atoms with E-state index in [2.05, 4.69) is 16.9 Å². The molecule has 1 amide bonds. The Morgan fingerprint density at radius 3 is 2.83 bits per heavy atom. The minimum Gasteiger partial charge on any atom is -0.387 e. The molecule has 0 saturated heterocycles. The second kappa shape index (κ2) is 7.54. The van der Waals surface area contributed by atoms with Gasteiger partial charge in [-0.05, 0) is 43.6 Å². The average molecular weight is 287 g/mol. The summed E-state index contributed by atoms with van der Waals surface area (Å²) >= 11 is 7.71. The van der Waals surface area contributed by atoms with Gasteiger partial charge in [-0.3, -0.25) is 4.79 Å². The highest BCUT2D eigenvalue weighted by Gasteiger charge is 2.13. The van der Waals surface area contributed by atoms with Crippen molar-refractivity contribution in [2.24, 2.45) is 0 Å². The van der Waals surface area contributed by atoms with Crippen molar-refractivity contribution in [1.29, 1.82) is 0 Å². The second-order valence-electron chi connectivity index (χ2n) is 4.10. The highest BCUT2D eigenvalue weighted by molar-refractivity contribution is 7.98. The van der Waals surface area contributed by atoms with Gasteiger partial charge in [-0.15, -0.1) is 0 Å². The number of amides is 1. The normalized spacial score (nSPS) is 12.0. The van der Waals surface area contributed by atoms with Crippen molar-refractivity contribution in [3.05, 3.63) is 28.8 Å². The van der Waals surface area contributed by atoms with Gasteiger partial charge in [0.1, 0.15) is 0 Å². The number of rotatable bonds is 6. The Morgan fingerprint density at radius 2 is 2.22 bits per heavy atom. The van der Waals surface area contributed by atoms with E-state index in [1.54, 1.807) is 30.9 Å². The van der Waals surface area contributed by atoms with Crippen molar-refractivity contribution in [1.82, 2.24) is 5.32 Å². The minimum absolute atomic E-state index is 0.0875. The molecule has 2 N–H and O–H groups in total. The van der Waals surface area contributed by atoms with Crippen LogP contribution < -0.4 is 10.6 Å². The van der Waals surface area contributed by atoms with E-state index >= 15 is 0 Å². The summed E-state index contributed by atoms with van der Waals surface area (Å²) in [5.74, 6) is 0.950. The average Bonchev–Trinajstić information content (AvgIpc) is 2.36. The number of halogens is 1. The van der Waals surface area contributed by atoms with Gasteiger partial charge in [-0.1, -0.05) is 11.6 Å². The molecule has 0 heterocycles. The third kappa shape index (κ3) is 4.42. The van der Waals surface area contributed by atoms with E-state index in [1.807, 2.05) is 13.0 Å². The van der Waals surface area contributed by atoms with Crippen molar-refractivity contribution in [3.63, 3.8) is 0 Å². The summed E-state index contributed by atoms with van der Waals surface area (Å²) in [4.78, 5) is 12.1. The second-order valence-corrected chi connectivity index (χ2v) is 5.52. The monoisotopic (exact) mass is 286 g/mol. The number of nitrogens with one attached hydrogen (secondary N) is 2. The zero-order valence-electron chi connectivity index (χ0n) is 10.9. The molecule has 1 rings (SSSR count). The van der Waals surface area contributed by atoms with E-state index in [0.29, 0.717) is 10.6 Å². The van der Waals surface area contributed by atoms with Crippen LogP contribution in [0.15, 0.2) is 18.2 Å². The summed E-state index contributed by atoms with van der Waals surface area (Å²) in [6.45, 7) is 2.01. The maximum Gasteiger partial charge on any atom is 0.253 e. The molecule has 0 aromatic heterocycles. The summed E-state index contributed by atoms with van der Waals surface area (Å²) in [7, 11) is 1.79. The number of benzene rings is 1. The molecule has 3 nitrogen and oxygen atoms in total. The Hall–Kier alpha value is -0.870. The maximum absolute atomic E-state index is 12.1. The van der Waals surface area contributed by atoms with Gasteiger partial charge in [-0.2, -0.15) is 11.8 Å². The number of anilines is 1. The minimum atomic E-state index is -0.0875.